The number of rotatable bonds is 3. The Morgan fingerprint density at radius 1 is 1.48 bits per heavy atom. The second-order valence-corrected chi connectivity index (χ2v) is 9.74. The van der Waals surface area contributed by atoms with Gasteiger partial charge >= 0.3 is 6.09 Å². The maximum Gasteiger partial charge on any atom is 0.411 e. The van der Waals surface area contributed by atoms with Crippen molar-refractivity contribution in [2.45, 2.75) is 43.5 Å². The number of hydrogen-bond donors (Lipinski definition) is 1. The van der Waals surface area contributed by atoms with E-state index < -0.39 is 39.0 Å². The molecule has 2 aromatic heterocycles. The predicted octanol–water partition coefficient (Wildman–Crippen LogP) is 2.50. The van der Waals surface area contributed by atoms with Gasteiger partial charge in [-0.2, -0.15) is 5.26 Å². The molecule has 0 spiro atoms. The third kappa shape index (κ3) is 4.46. The fraction of sp³-hybridized carbons (Fsp3) is 0.526. The van der Waals surface area contributed by atoms with Crippen molar-refractivity contribution < 1.29 is 18.1 Å². The van der Waals surface area contributed by atoms with Crippen LogP contribution in [0.4, 0.5) is 9.18 Å². The number of piperazine rings is 1. The molecule has 0 aliphatic carbocycles. The molecule has 0 aromatic carbocycles. The minimum Gasteiger partial charge on any atom is -0.444 e. The Balaban J connectivity index is 2.33. The Hall–Kier alpha value is -2.42. The van der Waals surface area contributed by atoms with E-state index in [2.05, 4.69) is 26.3 Å². The molecule has 2 atom stereocenters. The van der Waals surface area contributed by atoms with Crippen LogP contribution < -0.4 is 5.32 Å². The molecule has 1 amide bonds. The van der Waals surface area contributed by atoms with E-state index >= 15 is 0 Å². The van der Waals surface area contributed by atoms with Gasteiger partial charge in [-0.1, -0.05) is 11.6 Å². The lowest BCUT2D eigenvalue weighted by molar-refractivity contribution is -0.0128. The lowest BCUT2D eigenvalue weighted by Crippen LogP contribution is -2.62. The molecule has 1 saturated heterocycles. The summed E-state index contributed by atoms with van der Waals surface area (Å²) in [5.74, 6) is -0.894. The number of nitrogens with zero attached hydrogens (tertiary/aromatic N) is 5. The Bertz CT molecular complexity index is 1100. The van der Waals surface area contributed by atoms with Gasteiger partial charge in [-0.05, 0) is 20.8 Å². The van der Waals surface area contributed by atoms with Gasteiger partial charge in [0.25, 0.3) is 0 Å². The first kappa shape index (κ1) is 23.2. The molecular formula is C19H22ClFN6O3S. The van der Waals surface area contributed by atoms with Crippen molar-refractivity contribution >= 4 is 39.4 Å². The van der Waals surface area contributed by atoms with Gasteiger partial charge in [-0.25, -0.2) is 24.1 Å². The molecule has 3 heterocycles. The molecular weight excluding hydrogens is 447 g/mol. The third-order valence-electron chi connectivity index (χ3n) is 4.75. The summed E-state index contributed by atoms with van der Waals surface area (Å²) in [6, 6.07) is 2.10. The molecule has 166 valence electrons. The van der Waals surface area contributed by atoms with Crippen LogP contribution in [0.5, 0.6) is 0 Å². The minimum absolute atomic E-state index is 0.143. The van der Waals surface area contributed by atoms with E-state index in [1.165, 1.54) is 17.4 Å². The second kappa shape index (κ2) is 8.61. The van der Waals surface area contributed by atoms with E-state index in [0.29, 0.717) is 6.54 Å². The first-order valence-electron chi connectivity index (χ1n) is 9.44. The molecule has 0 radical (unpaired) electrons. The highest BCUT2D eigenvalue weighted by atomic mass is 35.5. The van der Waals surface area contributed by atoms with Gasteiger partial charge < -0.3 is 10.1 Å². The SMILES string of the molecule is CS(=O)c1nc(C2(CC#N)CNCCN2C(=O)OC(C)(C)C)c2cnc(Cl)c(F)c2n1. The van der Waals surface area contributed by atoms with Crippen molar-refractivity contribution in [1.29, 1.82) is 5.26 Å². The summed E-state index contributed by atoms with van der Waals surface area (Å²) < 4.78 is 32.6. The average Bonchev–Trinajstić information content (AvgIpc) is 2.69. The van der Waals surface area contributed by atoms with Crippen molar-refractivity contribution in [3.8, 4) is 6.07 Å². The number of aromatic nitrogens is 3. The topological polar surface area (TPSA) is 121 Å². The number of hydrogen-bond acceptors (Lipinski definition) is 8. The molecule has 1 fully saturated rings. The molecule has 31 heavy (non-hydrogen) atoms. The van der Waals surface area contributed by atoms with E-state index in [1.807, 2.05) is 0 Å². The maximum atomic E-state index is 14.8. The fourth-order valence-electron chi connectivity index (χ4n) is 3.46. The first-order valence-corrected chi connectivity index (χ1v) is 11.4. The molecule has 0 saturated carbocycles. The number of ether oxygens (including phenoxy) is 1. The van der Waals surface area contributed by atoms with Crippen LogP contribution in [0.2, 0.25) is 5.15 Å². The van der Waals surface area contributed by atoms with E-state index in [4.69, 9.17) is 16.3 Å². The standard InChI is InChI=1S/C19H22ClFN6O3S/c1-18(2,3)30-17(28)27-8-7-23-10-19(27,5-6-22)14-11-9-24-15(20)12(21)13(11)25-16(26-14)31(4)29/h9,23H,5,7-8,10H2,1-4H3. The molecule has 0 bridgehead atoms. The van der Waals surface area contributed by atoms with Gasteiger partial charge in [0.15, 0.2) is 11.0 Å². The summed E-state index contributed by atoms with van der Waals surface area (Å²) in [6.07, 6.45) is 1.83. The van der Waals surface area contributed by atoms with Crippen molar-refractivity contribution in [1.82, 2.24) is 25.2 Å². The van der Waals surface area contributed by atoms with Crippen LogP contribution >= 0.6 is 11.6 Å². The zero-order valence-electron chi connectivity index (χ0n) is 17.5. The summed E-state index contributed by atoms with van der Waals surface area (Å²) in [5, 5.41) is 12.5. The normalized spacial score (nSPS) is 20.4. The third-order valence-corrected chi connectivity index (χ3v) is 5.71. The molecule has 2 aromatic rings. The van der Waals surface area contributed by atoms with E-state index in [1.54, 1.807) is 20.8 Å². The van der Waals surface area contributed by atoms with E-state index in [9.17, 15) is 18.7 Å². The van der Waals surface area contributed by atoms with Crippen molar-refractivity contribution in [2.75, 3.05) is 25.9 Å². The molecule has 2 unspecified atom stereocenters. The monoisotopic (exact) mass is 468 g/mol. The summed E-state index contributed by atoms with van der Waals surface area (Å²) in [7, 11) is -1.66. The molecule has 9 nitrogen and oxygen atoms in total. The van der Waals surface area contributed by atoms with Gasteiger partial charge in [-0.3, -0.25) is 9.11 Å². The Morgan fingerprint density at radius 2 is 2.19 bits per heavy atom. The van der Waals surface area contributed by atoms with Crippen LogP contribution in [0.1, 0.15) is 32.9 Å². The number of pyridine rings is 1. The lowest BCUT2D eigenvalue weighted by atomic mass is 9.85. The van der Waals surface area contributed by atoms with Crippen molar-refractivity contribution in [2.24, 2.45) is 0 Å². The van der Waals surface area contributed by atoms with Crippen LogP contribution in [0.3, 0.4) is 0 Å². The lowest BCUT2D eigenvalue weighted by Gasteiger charge is -2.46. The van der Waals surface area contributed by atoms with Crippen LogP contribution in [0, 0.1) is 17.1 Å². The number of fused-ring (bicyclic) bond motifs is 1. The highest BCUT2D eigenvalue weighted by Gasteiger charge is 2.47. The van der Waals surface area contributed by atoms with Gasteiger partial charge in [-0.15, -0.1) is 0 Å². The number of halogens is 2. The summed E-state index contributed by atoms with van der Waals surface area (Å²) in [5.41, 5.74) is -2.12. The number of carbonyl (C=O) groups excluding carboxylic acids is 1. The quantitative estimate of drug-likeness (QED) is 0.538. The van der Waals surface area contributed by atoms with Gasteiger partial charge in [0.1, 0.15) is 16.7 Å². The summed E-state index contributed by atoms with van der Waals surface area (Å²) in [6.45, 7) is 6.03. The van der Waals surface area contributed by atoms with Crippen LogP contribution in [0.15, 0.2) is 11.4 Å². The van der Waals surface area contributed by atoms with Crippen LogP contribution in [-0.4, -0.2) is 61.6 Å². The number of carbonyl (C=O) groups is 1. The molecule has 1 N–H and O–H groups in total. The zero-order chi connectivity index (χ0) is 23.0. The fourth-order valence-corrected chi connectivity index (χ4v) is 4.04. The average molecular weight is 469 g/mol. The molecule has 3 rings (SSSR count). The molecule has 12 heteroatoms. The maximum absolute atomic E-state index is 14.8. The molecule has 1 aliphatic heterocycles. The van der Waals surface area contributed by atoms with Crippen molar-refractivity contribution in [3.05, 3.63) is 22.9 Å². The summed E-state index contributed by atoms with van der Waals surface area (Å²) >= 11 is 5.83. The highest BCUT2D eigenvalue weighted by Crippen LogP contribution is 2.38. The Kier molecular flexibility index (Phi) is 6.45. The predicted molar refractivity (Wildman–Crippen MR) is 112 cm³/mol. The summed E-state index contributed by atoms with van der Waals surface area (Å²) in [4.78, 5) is 26.8. The number of nitriles is 1. The minimum atomic E-state index is -1.66. The van der Waals surface area contributed by atoms with Crippen LogP contribution in [-0.2, 0) is 21.1 Å². The van der Waals surface area contributed by atoms with E-state index in [0.717, 1.165) is 0 Å². The van der Waals surface area contributed by atoms with Crippen LogP contribution in [0.25, 0.3) is 10.9 Å². The highest BCUT2D eigenvalue weighted by molar-refractivity contribution is 7.84. The van der Waals surface area contributed by atoms with E-state index in [-0.39, 0.29) is 41.3 Å². The Labute approximate surface area is 186 Å². The molecule has 1 aliphatic rings. The first-order chi connectivity index (χ1) is 14.5. The van der Waals surface area contributed by atoms with Gasteiger partial charge in [0, 0.05) is 37.5 Å². The number of nitrogens with one attached hydrogen (secondary N) is 1. The van der Waals surface area contributed by atoms with Gasteiger partial charge in [0.2, 0.25) is 5.16 Å². The number of amides is 1. The zero-order valence-corrected chi connectivity index (χ0v) is 19.1. The smallest absolute Gasteiger partial charge is 0.411 e. The largest absolute Gasteiger partial charge is 0.444 e. The second-order valence-electron chi connectivity index (χ2n) is 8.11. The van der Waals surface area contributed by atoms with Gasteiger partial charge in [0.05, 0.1) is 29.0 Å². The van der Waals surface area contributed by atoms with Crippen molar-refractivity contribution in [3.63, 3.8) is 0 Å². The Morgan fingerprint density at radius 3 is 2.81 bits per heavy atom.